The van der Waals surface area contributed by atoms with Crippen LogP contribution >= 0.6 is 0 Å². The van der Waals surface area contributed by atoms with E-state index in [4.69, 9.17) is 4.74 Å². The maximum absolute atomic E-state index is 5.71. The Hall–Kier alpha value is -2.02. The van der Waals surface area contributed by atoms with Crippen LogP contribution in [0.2, 0.25) is 0 Å². The standard InChI is InChI=1S/C16H13O/c1-2-17-16-14-9-5-3-7-12(14)11-13-8-4-6-10-15(13)16/h2-11H,1H3. The van der Waals surface area contributed by atoms with Gasteiger partial charge in [0.2, 0.25) is 0 Å². The molecule has 0 heterocycles. The molecule has 0 saturated carbocycles. The van der Waals surface area contributed by atoms with Gasteiger partial charge in [-0.3, -0.25) is 0 Å². The van der Waals surface area contributed by atoms with Gasteiger partial charge < -0.3 is 4.74 Å². The van der Waals surface area contributed by atoms with Crippen molar-refractivity contribution in [3.05, 3.63) is 61.2 Å². The second-order valence-electron chi connectivity index (χ2n) is 4.00. The Balaban J connectivity index is 2.47. The number of hydrogen-bond acceptors (Lipinski definition) is 1. The van der Waals surface area contributed by atoms with Gasteiger partial charge in [-0.1, -0.05) is 48.5 Å². The molecule has 0 aliphatic heterocycles. The highest BCUT2D eigenvalue weighted by Crippen LogP contribution is 2.34. The van der Waals surface area contributed by atoms with E-state index in [9.17, 15) is 0 Å². The van der Waals surface area contributed by atoms with E-state index in [0.29, 0.717) is 0 Å². The molecule has 3 aromatic carbocycles. The Morgan fingerprint density at radius 3 is 1.88 bits per heavy atom. The quantitative estimate of drug-likeness (QED) is 0.577. The third-order valence-corrected chi connectivity index (χ3v) is 2.96. The number of ether oxygens (including phenoxy) is 1. The highest BCUT2D eigenvalue weighted by Gasteiger charge is 2.07. The van der Waals surface area contributed by atoms with Crippen molar-refractivity contribution in [1.29, 1.82) is 0 Å². The van der Waals surface area contributed by atoms with Crippen LogP contribution in [0.4, 0.5) is 0 Å². The molecule has 0 aliphatic carbocycles. The maximum Gasteiger partial charge on any atom is 0.135 e. The minimum Gasteiger partial charge on any atom is -0.486 e. The molecule has 0 saturated heterocycles. The lowest BCUT2D eigenvalue weighted by atomic mass is 10.0. The van der Waals surface area contributed by atoms with Gasteiger partial charge in [0.15, 0.2) is 0 Å². The van der Waals surface area contributed by atoms with Crippen molar-refractivity contribution in [2.45, 2.75) is 6.92 Å². The summed E-state index contributed by atoms with van der Waals surface area (Å²) in [6.07, 6.45) is 0. The van der Waals surface area contributed by atoms with Crippen LogP contribution in [0, 0.1) is 6.61 Å². The highest BCUT2D eigenvalue weighted by molar-refractivity contribution is 6.05. The van der Waals surface area contributed by atoms with E-state index >= 15 is 0 Å². The van der Waals surface area contributed by atoms with Crippen LogP contribution in [0.5, 0.6) is 5.75 Å². The first-order chi connectivity index (χ1) is 8.40. The van der Waals surface area contributed by atoms with E-state index < -0.39 is 0 Å². The molecule has 0 bridgehead atoms. The Bertz CT molecular complexity index is 616. The van der Waals surface area contributed by atoms with Crippen molar-refractivity contribution < 1.29 is 4.74 Å². The van der Waals surface area contributed by atoms with Crippen LogP contribution in [0.3, 0.4) is 0 Å². The van der Waals surface area contributed by atoms with Crippen molar-refractivity contribution in [1.82, 2.24) is 0 Å². The second-order valence-corrected chi connectivity index (χ2v) is 4.00. The molecule has 0 spiro atoms. The molecular formula is C16H13O. The average molecular weight is 221 g/mol. The summed E-state index contributed by atoms with van der Waals surface area (Å²) in [6.45, 7) is 3.63. The first kappa shape index (κ1) is 10.2. The molecule has 0 aliphatic rings. The predicted molar refractivity (Wildman–Crippen MR) is 72.1 cm³/mol. The molecule has 0 atom stereocenters. The summed E-state index contributed by atoms with van der Waals surface area (Å²) < 4.78 is 5.71. The molecule has 0 fully saturated rings. The maximum atomic E-state index is 5.71. The van der Waals surface area contributed by atoms with Gasteiger partial charge in [0, 0.05) is 10.8 Å². The van der Waals surface area contributed by atoms with Crippen LogP contribution < -0.4 is 4.74 Å². The van der Waals surface area contributed by atoms with Crippen molar-refractivity contribution in [3.63, 3.8) is 0 Å². The van der Waals surface area contributed by atoms with Crippen LogP contribution in [0.25, 0.3) is 21.5 Å². The normalized spacial score (nSPS) is 10.9. The number of hydrogen-bond donors (Lipinski definition) is 0. The van der Waals surface area contributed by atoms with Crippen LogP contribution in [0.15, 0.2) is 54.6 Å². The van der Waals surface area contributed by atoms with Gasteiger partial charge in [0.05, 0.1) is 0 Å². The smallest absolute Gasteiger partial charge is 0.135 e. The van der Waals surface area contributed by atoms with Crippen LogP contribution in [-0.2, 0) is 0 Å². The van der Waals surface area contributed by atoms with Crippen LogP contribution in [0.1, 0.15) is 6.92 Å². The third-order valence-electron chi connectivity index (χ3n) is 2.96. The summed E-state index contributed by atoms with van der Waals surface area (Å²) in [4.78, 5) is 0. The summed E-state index contributed by atoms with van der Waals surface area (Å²) in [6, 6.07) is 18.8. The van der Waals surface area contributed by atoms with Crippen molar-refractivity contribution in [3.8, 4) is 5.75 Å². The minimum absolute atomic E-state index is 0.946. The predicted octanol–water partition coefficient (Wildman–Crippen LogP) is 4.55. The van der Waals surface area contributed by atoms with Gasteiger partial charge >= 0.3 is 0 Å². The molecule has 3 rings (SSSR count). The molecule has 1 radical (unpaired) electrons. The van der Waals surface area contributed by atoms with Gasteiger partial charge in [-0.05, 0) is 23.8 Å². The Kier molecular flexibility index (Phi) is 2.45. The zero-order valence-electron chi connectivity index (χ0n) is 9.68. The molecule has 17 heavy (non-hydrogen) atoms. The SMILES string of the molecule is C[CH]Oc1c2ccccc2cc2ccccc12. The van der Waals surface area contributed by atoms with Gasteiger partial charge in [0.25, 0.3) is 0 Å². The summed E-state index contributed by atoms with van der Waals surface area (Å²) in [7, 11) is 0. The van der Waals surface area contributed by atoms with Crippen molar-refractivity contribution in [2.24, 2.45) is 0 Å². The molecule has 1 heteroatoms. The Labute approximate surface area is 101 Å². The molecule has 0 N–H and O–H groups in total. The van der Waals surface area contributed by atoms with E-state index in [0.717, 1.165) is 16.5 Å². The fraction of sp³-hybridized carbons (Fsp3) is 0.0625. The van der Waals surface area contributed by atoms with Gasteiger partial charge in [-0.25, -0.2) is 0 Å². The molecular weight excluding hydrogens is 208 g/mol. The lowest BCUT2D eigenvalue weighted by Crippen LogP contribution is -1.89. The lowest BCUT2D eigenvalue weighted by molar-refractivity contribution is 0.426. The Morgan fingerprint density at radius 2 is 1.35 bits per heavy atom. The van der Waals surface area contributed by atoms with Crippen molar-refractivity contribution in [2.75, 3.05) is 0 Å². The van der Waals surface area contributed by atoms with Gasteiger partial charge in [-0.2, -0.15) is 0 Å². The lowest BCUT2D eigenvalue weighted by Gasteiger charge is -2.11. The largest absolute Gasteiger partial charge is 0.486 e. The number of rotatable bonds is 2. The third kappa shape index (κ3) is 1.64. The molecule has 3 aromatic rings. The highest BCUT2D eigenvalue weighted by atomic mass is 16.5. The molecule has 0 unspecified atom stereocenters. The number of benzene rings is 3. The molecule has 1 nitrogen and oxygen atoms in total. The van der Waals surface area contributed by atoms with E-state index in [1.807, 2.05) is 19.1 Å². The molecule has 83 valence electrons. The summed E-state index contributed by atoms with van der Waals surface area (Å²) in [5.41, 5.74) is 0. The van der Waals surface area contributed by atoms with Gasteiger partial charge in [-0.15, -0.1) is 0 Å². The second kappa shape index (κ2) is 4.10. The minimum atomic E-state index is 0.946. The zero-order valence-corrected chi connectivity index (χ0v) is 9.68. The molecule has 0 aromatic heterocycles. The van der Waals surface area contributed by atoms with E-state index in [1.165, 1.54) is 10.8 Å². The van der Waals surface area contributed by atoms with E-state index in [1.54, 1.807) is 6.61 Å². The van der Waals surface area contributed by atoms with E-state index in [2.05, 4.69) is 42.5 Å². The van der Waals surface area contributed by atoms with E-state index in [-0.39, 0.29) is 0 Å². The zero-order chi connectivity index (χ0) is 11.7. The van der Waals surface area contributed by atoms with Crippen molar-refractivity contribution >= 4 is 21.5 Å². The monoisotopic (exact) mass is 221 g/mol. The summed E-state index contributed by atoms with van der Waals surface area (Å²) in [5.74, 6) is 0.946. The fourth-order valence-electron chi connectivity index (χ4n) is 2.22. The first-order valence-corrected chi connectivity index (χ1v) is 5.75. The van der Waals surface area contributed by atoms with Crippen LogP contribution in [-0.4, -0.2) is 0 Å². The summed E-state index contributed by atoms with van der Waals surface area (Å²) >= 11 is 0. The summed E-state index contributed by atoms with van der Waals surface area (Å²) in [5, 5.41) is 4.74. The molecule has 0 amide bonds. The topological polar surface area (TPSA) is 9.23 Å². The average Bonchev–Trinajstić information content (AvgIpc) is 2.39. The number of fused-ring (bicyclic) bond motifs is 2. The van der Waals surface area contributed by atoms with Gasteiger partial charge in [0.1, 0.15) is 12.4 Å². The Morgan fingerprint density at radius 1 is 0.824 bits per heavy atom. The fourth-order valence-corrected chi connectivity index (χ4v) is 2.22. The first-order valence-electron chi connectivity index (χ1n) is 5.75.